The Morgan fingerprint density at radius 2 is 2.00 bits per heavy atom. The van der Waals surface area contributed by atoms with E-state index in [0.717, 1.165) is 11.3 Å². The largest absolute Gasteiger partial charge is 0.475 e. The van der Waals surface area contributed by atoms with Crippen LogP contribution in [0.15, 0.2) is 12.1 Å². The molecule has 158 valence electrons. The Hall–Kier alpha value is -1.97. The highest BCUT2D eigenvalue weighted by Crippen LogP contribution is 2.31. The lowest BCUT2D eigenvalue weighted by Gasteiger charge is -2.24. The molecule has 0 aliphatic carbocycles. The Morgan fingerprint density at radius 1 is 1.32 bits per heavy atom. The van der Waals surface area contributed by atoms with Gasteiger partial charge in [0.25, 0.3) is 0 Å². The molecule has 0 bridgehead atoms. The summed E-state index contributed by atoms with van der Waals surface area (Å²) in [6.45, 7) is 6.45. The molecule has 2 heterocycles. The number of hydrogen-bond acceptors (Lipinski definition) is 5. The van der Waals surface area contributed by atoms with Crippen molar-refractivity contribution in [3.63, 3.8) is 0 Å². The van der Waals surface area contributed by atoms with E-state index in [4.69, 9.17) is 9.47 Å². The molecule has 1 aliphatic rings. The molecule has 1 N–H and O–H groups in total. The molecule has 0 radical (unpaired) electrons. The van der Waals surface area contributed by atoms with Crippen molar-refractivity contribution in [2.45, 2.75) is 51.9 Å². The first-order valence-corrected chi connectivity index (χ1v) is 9.73. The van der Waals surface area contributed by atoms with Crippen molar-refractivity contribution in [3.8, 4) is 5.06 Å². The van der Waals surface area contributed by atoms with Gasteiger partial charge < -0.3 is 19.7 Å². The Bertz CT molecular complexity index is 700. The number of nitrogens with zero attached hydrogens (tertiary/aromatic N) is 1. The molecule has 1 aliphatic heterocycles. The van der Waals surface area contributed by atoms with Gasteiger partial charge in [0.15, 0.2) is 11.7 Å². The van der Waals surface area contributed by atoms with Crippen molar-refractivity contribution in [2.24, 2.45) is 5.92 Å². The molecule has 28 heavy (non-hydrogen) atoms. The van der Waals surface area contributed by atoms with Crippen LogP contribution in [-0.4, -0.2) is 48.4 Å². The Kier molecular flexibility index (Phi) is 6.84. The molecule has 1 fully saturated rings. The Balaban J connectivity index is 1.84. The van der Waals surface area contributed by atoms with Gasteiger partial charge in [-0.15, -0.1) is 11.3 Å². The van der Waals surface area contributed by atoms with Gasteiger partial charge in [-0.3, -0.25) is 4.79 Å². The quantitative estimate of drug-likeness (QED) is 0.775. The van der Waals surface area contributed by atoms with Crippen LogP contribution in [0.4, 0.5) is 18.0 Å². The minimum atomic E-state index is -4.40. The lowest BCUT2D eigenvalue weighted by molar-refractivity contribution is -0.152. The SMILES string of the molecule is CC(NC(=O)[C@@H]1CCN(C(=O)OC(C)(C)C)C1)c1ccc(OCC(F)(F)F)s1. The van der Waals surface area contributed by atoms with Gasteiger partial charge in [-0.25, -0.2) is 4.79 Å². The number of rotatable bonds is 5. The number of carbonyl (C=O) groups excluding carboxylic acids is 2. The van der Waals surface area contributed by atoms with Gasteiger partial charge in [-0.05, 0) is 46.2 Å². The average Bonchev–Trinajstić information content (AvgIpc) is 3.20. The van der Waals surface area contributed by atoms with Gasteiger partial charge in [-0.2, -0.15) is 13.2 Å². The monoisotopic (exact) mass is 422 g/mol. The maximum atomic E-state index is 12.5. The summed E-state index contributed by atoms with van der Waals surface area (Å²) in [7, 11) is 0. The minimum absolute atomic E-state index is 0.144. The highest BCUT2D eigenvalue weighted by atomic mass is 32.1. The molecular formula is C18H25F3N2O4S. The molecule has 2 rings (SSSR count). The van der Waals surface area contributed by atoms with Crippen LogP contribution in [0, 0.1) is 5.92 Å². The number of alkyl halides is 3. The van der Waals surface area contributed by atoms with E-state index in [-0.39, 0.29) is 29.5 Å². The van der Waals surface area contributed by atoms with Crippen molar-refractivity contribution in [2.75, 3.05) is 19.7 Å². The lowest BCUT2D eigenvalue weighted by atomic mass is 10.1. The fraction of sp³-hybridized carbons (Fsp3) is 0.667. The highest BCUT2D eigenvalue weighted by Gasteiger charge is 2.34. The molecule has 1 aromatic rings. The number of ether oxygens (including phenoxy) is 2. The van der Waals surface area contributed by atoms with E-state index < -0.39 is 24.5 Å². The third-order valence-electron chi connectivity index (χ3n) is 3.98. The van der Waals surface area contributed by atoms with Crippen molar-refractivity contribution < 1.29 is 32.2 Å². The standard InChI is InChI=1S/C18H25F3N2O4S/c1-11(13-5-6-14(28-13)26-10-18(19,20)21)22-15(24)12-7-8-23(9-12)16(25)27-17(2,3)4/h5-6,11-12H,7-10H2,1-4H3,(H,22,24)/t11?,12-/m1/s1. The summed E-state index contributed by atoms with van der Waals surface area (Å²) >= 11 is 1.06. The van der Waals surface area contributed by atoms with E-state index in [1.807, 2.05) is 0 Å². The predicted molar refractivity (Wildman–Crippen MR) is 98.3 cm³/mol. The predicted octanol–water partition coefficient (Wildman–Crippen LogP) is 4.12. The summed E-state index contributed by atoms with van der Waals surface area (Å²) in [5.74, 6) is -0.555. The van der Waals surface area contributed by atoms with Crippen LogP contribution in [0.2, 0.25) is 0 Å². The van der Waals surface area contributed by atoms with Crippen LogP contribution in [0.3, 0.4) is 0 Å². The first-order chi connectivity index (χ1) is 12.8. The molecule has 1 unspecified atom stereocenters. The Morgan fingerprint density at radius 3 is 2.61 bits per heavy atom. The number of nitrogens with one attached hydrogen (secondary N) is 1. The number of likely N-dealkylation sites (tertiary alicyclic amines) is 1. The molecule has 2 amide bonds. The number of amides is 2. The second-order valence-electron chi connectivity index (χ2n) is 7.70. The summed E-state index contributed by atoms with van der Waals surface area (Å²) in [6.07, 6.45) is -4.31. The first kappa shape index (κ1) is 22.3. The fourth-order valence-electron chi connectivity index (χ4n) is 2.67. The lowest BCUT2D eigenvalue weighted by Crippen LogP contribution is -2.38. The normalized spacial score (nSPS) is 18.7. The highest BCUT2D eigenvalue weighted by molar-refractivity contribution is 7.13. The number of halogens is 3. The van der Waals surface area contributed by atoms with Crippen LogP contribution >= 0.6 is 11.3 Å². The van der Waals surface area contributed by atoms with E-state index in [1.165, 1.54) is 11.0 Å². The zero-order chi connectivity index (χ0) is 21.1. The summed E-state index contributed by atoms with van der Waals surface area (Å²) in [4.78, 5) is 26.8. The van der Waals surface area contributed by atoms with Crippen LogP contribution in [0.5, 0.6) is 5.06 Å². The van der Waals surface area contributed by atoms with E-state index >= 15 is 0 Å². The Labute approximate surface area is 166 Å². The summed E-state index contributed by atoms with van der Waals surface area (Å²) in [6, 6.07) is 2.70. The summed E-state index contributed by atoms with van der Waals surface area (Å²) in [5, 5.41) is 2.99. The third kappa shape index (κ3) is 6.88. The molecule has 2 atom stereocenters. The zero-order valence-electron chi connectivity index (χ0n) is 16.3. The van der Waals surface area contributed by atoms with Crippen LogP contribution in [0.1, 0.15) is 45.0 Å². The van der Waals surface area contributed by atoms with Crippen LogP contribution in [0.25, 0.3) is 0 Å². The van der Waals surface area contributed by atoms with E-state index in [0.29, 0.717) is 17.8 Å². The number of carbonyl (C=O) groups is 2. The maximum absolute atomic E-state index is 12.5. The van der Waals surface area contributed by atoms with Gasteiger partial charge in [0.2, 0.25) is 5.91 Å². The fourth-order valence-corrected chi connectivity index (χ4v) is 3.52. The minimum Gasteiger partial charge on any atom is -0.475 e. The smallest absolute Gasteiger partial charge is 0.422 e. The van der Waals surface area contributed by atoms with E-state index in [9.17, 15) is 22.8 Å². The van der Waals surface area contributed by atoms with Gasteiger partial charge in [0.05, 0.1) is 12.0 Å². The maximum Gasteiger partial charge on any atom is 0.422 e. The second-order valence-corrected chi connectivity index (χ2v) is 8.78. The molecule has 1 aromatic heterocycles. The summed E-state index contributed by atoms with van der Waals surface area (Å²) < 4.78 is 46.7. The van der Waals surface area contributed by atoms with Crippen LogP contribution < -0.4 is 10.1 Å². The zero-order valence-corrected chi connectivity index (χ0v) is 17.1. The molecule has 0 spiro atoms. The van der Waals surface area contributed by atoms with E-state index in [2.05, 4.69) is 5.32 Å². The first-order valence-electron chi connectivity index (χ1n) is 8.91. The number of thiophene rings is 1. The number of hydrogen-bond donors (Lipinski definition) is 1. The molecule has 1 saturated heterocycles. The van der Waals surface area contributed by atoms with E-state index in [1.54, 1.807) is 33.8 Å². The van der Waals surface area contributed by atoms with Gasteiger partial charge in [0.1, 0.15) is 5.60 Å². The van der Waals surface area contributed by atoms with Gasteiger partial charge in [-0.1, -0.05) is 0 Å². The molecular weight excluding hydrogens is 397 g/mol. The van der Waals surface area contributed by atoms with Crippen molar-refractivity contribution in [1.82, 2.24) is 10.2 Å². The molecule has 0 aromatic carbocycles. The molecule has 10 heteroatoms. The average molecular weight is 422 g/mol. The van der Waals surface area contributed by atoms with Crippen molar-refractivity contribution >= 4 is 23.3 Å². The van der Waals surface area contributed by atoms with Crippen molar-refractivity contribution in [1.29, 1.82) is 0 Å². The van der Waals surface area contributed by atoms with Gasteiger partial charge in [0, 0.05) is 18.0 Å². The van der Waals surface area contributed by atoms with Crippen molar-refractivity contribution in [3.05, 3.63) is 17.0 Å². The molecule has 0 saturated carbocycles. The second kappa shape index (κ2) is 8.59. The van der Waals surface area contributed by atoms with Gasteiger partial charge >= 0.3 is 12.3 Å². The topological polar surface area (TPSA) is 67.9 Å². The third-order valence-corrected chi connectivity index (χ3v) is 5.16. The summed E-state index contributed by atoms with van der Waals surface area (Å²) in [5.41, 5.74) is -0.600. The van der Waals surface area contributed by atoms with Crippen LogP contribution in [-0.2, 0) is 9.53 Å². The molecule has 6 nitrogen and oxygen atoms in total.